The van der Waals surface area contributed by atoms with Crippen LogP contribution in [0.5, 0.6) is 5.75 Å². The highest BCUT2D eigenvalue weighted by atomic mass is 79.9. The Balaban J connectivity index is 0.00000361. The first-order valence-corrected chi connectivity index (χ1v) is 7.20. The second-order valence-corrected chi connectivity index (χ2v) is 5.75. The van der Waals surface area contributed by atoms with Crippen molar-refractivity contribution in [3.8, 4) is 5.75 Å². The van der Waals surface area contributed by atoms with E-state index in [2.05, 4.69) is 21.2 Å². The molecule has 0 aliphatic heterocycles. The lowest BCUT2D eigenvalue weighted by Crippen LogP contribution is -2.42. The summed E-state index contributed by atoms with van der Waals surface area (Å²) in [6, 6.07) is 7.14. The van der Waals surface area contributed by atoms with Gasteiger partial charge in [-0.1, -0.05) is 35.8 Å². The Hall–Kier alpha value is -0.780. The van der Waals surface area contributed by atoms with Crippen molar-refractivity contribution < 1.29 is 9.53 Å². The maximum absolute atomic E-state index is 11.6. The second kappa shape index (κ2) is 10.0. The highest BCUT2D eigenvalue weighted by Gasteiger charge is 2.13. The summed E-state index contributed by atoms with van der Waals surface area (Å²) in [6.07, 6.45) is 0.693. The van der Waals surface area contributed by atoms with Crippen molar-refractivity contribution >= 4 is 34.2 Å². The molecule has 0 saturated heterocycles. The number of nitrogens with two attached hydrogens (primary N) is 1. The van der Waals surface area contributed by atoms with Crippen molar-refractivity contribution in [2.45, 2.75) is 26.3 Å². The van der Waals surface area contributed by atoms with E-state index in [0.29, 0.717) is 25.5 Å². The summed E-state index contributed by atoms with van der Waals surface area (Å²) in [5, 5.41) is 2.77. The molecule has 1 aromatic carbocycles. The van der Waals surface area contributed by atoms with Crippen LogP contribution < -0.4 is 15.8 Å². The minimum atomic E-state index is -0.439. The molecule has 0 unspecified atom stereocenters. The standard InChI is InChI=1S/C14H21BrN2O2.ClH/c1-10(2)8-13(16)14(18)17-6-7-19-12-5-3-4-11(15)9-12;/h3-5,9-10,13H,6-8,16H2,1-2H3,(H,17,18);1H/t13-;/m0./s1. The van der Waals surface area contributed by atoms with Crippen LogP contribution in [0.4, 0.5) is 0 Å². The summed E-state index contributed by atoms with van der Waals surface area (Å²) < 4.78 is 6.48. The van der Waals surface area contributed by atoms with Gasteiger partial charge in [0.15, 0.2) is 0 Å². The molecular weight excluding hydrogens is 344 g/mol. The number of carbonyl (C=O) groups excluding carboxylic acids is 1. The van der Waals surface area contributed by atoms with Gasteiger partial charge in [0.1, 0.15) is 12.4 Å². The summed E-state index contributed by atoms with van der Waals surface area (Å²) in [6.45, 7) is 4.97. The van der Waals surface area contributed by atoms with Crippen LogP contribution in [0, 0.1) is 5.92 Å². The quantitative estimate of drug-likeness (QED) is 0.730. The molecule has 1 atom stereocenters. The third-order valence-electron chi connectivity index (χ3n) is 2.53. The van der Waals surface area contributed by atoms with Crippen LogP contribution in [-0.2, 0) is 4.79 Å². The van der Waals surface area contributed by atoms with Crippen LogP contribution >= 0.6 is 28.3 Å². The lowest BCUT2D eigenvalue weighted by atomic mass is 10.0. The zero-order valence-electron chi connectivity index (χ0n) is 11.8. The molecule has 20 heavy (non-hydrogen) atoms. The number of nitrogens with one attached hydrogen (secondary N) is 1. The van der Waals surface area contributed by atoms with E-state index < -0.39 is 6.04 Å². The largest absolute Gasteiger partial charge is 0.492 e. The van der Waals surface area contributed by atoms with Gasteiger partial charge >= 0.3 is 0 Å². The summed E-state index contributed by atoms with van der Waals surface area (Å²) in [5.74, 6) is 1.07. The van der Waals surface area contributed by atoms with Crippen molar-refractivity contribution in [2.75, 3.05) is 13.2 Å². The van der Waals surface area contributed by atoms with E-state index in [1.807, 2.05) is 38.1 Å². The Labute approximate surface area is 135 Å². The lowest BCUT2D eigenvalue weighted by Gasteiger charge is -2.14. The molecule has 6 heteroatoms. The number of rotatable bonds is 7. The van der Waals surface area contributed by atoms with E-state index in [1.165, 1.54) is 0 Å². The number of carbonyl (C=O) groups is 1. The summed E-state index contributed by atoms with van der Waals surface area (Å²) in [7, 11) is 0. The van der Waals surface area contributed by atoms with E-state index in [1.54, 1.807) is 0 Å². The van der Waals surface area contributed by atoms with E-state index in [0.717, 1.165) is 10.2 Å². The Morgan fingerprint density at radius 2 is 2.15 bits per heavy atom. The van der Waals surface area contributed by atoms with Crippen molar-refractivity contribution in [2.24, 2.45) is 11.7 Å². The zero-order valence-corrected chi connectivity index (χ0v) is 14.2. The molecule has 0 saturated carbocycles. The van der Waals surface area contributed by atoms with Gasteiger partial charge in [-0.3, -0.25) is 4.79 Å². The first kappa shape index (κ1) is 19.2. The molecule has 0 bridgehead atoms. The van der Waals surface area contributed by atoms with Gasteiger partial charge in [-0.05, 0) is 30.5 Å². The van der Waals surface area contributed by atoms with Gasteiger partial charge in [0.2, 0.25) is 5.91 Å². The molecule has 0 aromatic heterocycles. The molecule has 4 nitrogen and oxygen atoms in total. The molecule has 0 heterocycles. The maximum atomic E-state index is 11.6. The van der Waals surface area contributed by atoms with Crippen LogP contribution in [0.2, 0.25) is 0 Å². The second-order valence-electron chi connectivity index (χ2n) is 4.83. The van der Waals surface area contributed by atoms with Crippen molar-refractivity contribution in [3.05, 3.63) is 28.7 Å². The fraction of sp³-hybridized carbons (Fsp3) is 0.500. The molecule has 3 N–H and O–H groups in total. The van der Waals surface area contributed by atoms with Crippen LogP contribution in [0.15, 0.2) is 28.7 Å². The molecular formula is C14H22BrClN2O2. The molecule has 0 aliphatic rings. The number of hydrogen-bond donors (Lipinski definition) is 2. The van der Waals surface area contributed by atoms with Gasteiger partial charge in [-0.25, -0.2) is 0 Å². The average Bonchev–Trinajstić information content (AvgIpc) is 2.33. The van der Waals surface area contributed by atoms with Gasteiger partial charge < -0.3 is 15.8 Å². The molecule has 0 spiro atoms. The van der Waals surface area contributed by atoms with Crippen LogP contribution in [0.25, 0.3) is 0 Å². The molecule has 1 rings (SSSR count). The van der Waals surface area contributed by atoms with Crippen molar-refractivity contribution in [1.82, 2.24) is 5.32 Å². The Bertz CT molecular complexity index is 416. The number of amides is 1. The Morgan fingerprint density at radius 3 is 2.75 bits per heavy atom. The van der Waals surface area contributed by atoms with E-state index >= 15 is 0 Å². The molecule has 1 amide bonds. The first-order chi connectivity index (χ1) is 8.99. The highest BCUT2D eigenvalue weighted by molar-refractivity contribution is 9.10. The number of hydrogen-bond acceptors (Lipinski definition) is 3. The highest BCUT2D eigenvalue weighted by Crippen LogP contribution is 2.17. The zero-order chi connectivity index (χ0) is 14.3. The minimum Gasteiger partial charge on any atom is -0.492 e. The molecule has 1 aromatic rings. The van der Waals surface area contributed by atoms with Gasteiger partial charge in [-0.2, -0.15) is 0 Å². The van der Waals surface area contributed by atoms with E-state index in [-0.39, 0.29) is 18.3 Å². The SMILES string of the molecule is CC(C)C[C@H](N)C(=O)NCCOc1cccc(Br)c1.Cl. The molecule has 0 radical (unpaired) electrons. The van der Waals surface area contributed by atoms with Crippen molar-refractivity contribution in [3.63, 3.8) is 0 Å². The van der Waals surface area contributed by atoms with E-state index in [9.17, 15) is 4.79 Å². The number of halogens is 2. The first-order valence-electron chi connectivity index (χ1n) is 6.40. The normalized spacial score (nSPS) is 11.7. The molecule has 0 fully saturated rings. The predicted molar refractivity (Wildman–Crippen MR) is 87.3 cm³/mol. The third-order valence-corrected chi connectivity index (χ3v) is 3.02. The van der Waals surface area contributed by atoms with Crippen LogP contribution in [0.1, 0.15) is 20.3 Å². The Morgan fingerprint density at radius 1 is 1.45 bits per heavy atom. The maximum Gasteiger partial charge on any atom is 0.237 e. The molecule has 114 valence electrons. The van der Waals surface area contributed by atoms with Gasteiger partial charge in [-0.15, -0.1) is 12.4 Å². The predicted octanol–water partition coefficient (Wildman–Crippen LogP) is 2.74. The Kier molecular flexibility index (Phi) is 9.63. The van der Waals surface area contributed by atoms with Gasteiger partial charge in [0.05, 0.1) is 12.6 Å². The topological polar surface area (TPSA) is 64.4 Å². The lowest BCUT2D eigenvalue weighted by molar-refractivity contribution is -0.122. The fourth-order valence-electron chi connectivity index (χ4n) is 1.65. The van der Waals surface area contributed by atoms with Gasteiger partial charge in [0, 0.05) is 4.47 Å². The number of benzene rings is 1. The summed E-state index contributed by atoms with van der Waals surface area (Å²) in [4.78, 5) is 11.6. The minimum absolute atomic E-state index is 0. The fourth-order valence-corrected chi connectivity index (χ4v) is 2.02. The monoisotopic (exact) mass is 364 g/mol. The summed E-state index contributed by atoms with van der Waals surface area (Å²) >= 11 is 3.37. The summed E-state index contributed by atoms with van der Waals surface area (Å²) in [5.41, 5.74) is 5.77. The van der Waals surface area contributed by atoms with Crippen LogP contribution in [0.3, 0.4) is 0 Å². The smallest absolute Gasteiger partial charge is 0.237 e. The number of ether oxygens (including phenoxy) is 1. The van der Waals surface area contributed by atoms with Gasteiger partial charge in [0.25, 0.3) is 0 Å². The third kappa shape index (κ3) is 7.72. The van der Waals surface area contributed by atoms with E-state index in [4.69, 9.17) is 10.5 Å². The van der Waals surface area contributed by atoms with Crippen molar-refractivity contribution in [1.29, 1.82) is 0 Å². The average molecular weight is 366 g/mol. The van der Waals surface area contributed by atoms with Crippen LogP contribution in [-0.4, -0.2) is 25.1 Å². The molecule has 0 aliphatic carbocycles.